The molecule has 0 saturated carbocycles. The van der Waals surface area contributed by atoms with Crippen LogP contribution < -0.4 is 9.47 Å². The monoisotopic (exact) mass is 421 g/mol. The smallest absolute Gasteiger partial charge is 0.263 e. The highest BCUT2D eigenvalue weighted by Crippen LogP contribution is 2.34. The Bertz CT molecular complexity index is 1030. The van der Waals surface area contributed by atoms with Gasteiger partial charge in [-0.25, -0.2) is 0 Å². The predicted octanol–water partition coefficient (Wildman–Crippen LogP) is 5.13. The van der Waals surface area contributed by atoms with Crippen LogP contribution in [0.15, 0.2) is 54.9 Å². The molecule has 2 aromatic carbocycles. The number of likely N-dealkylation sites (tertiary alicyclic amines) is 1. The summed E-state index contributed by atoms with van der Waals surface area (Å²) in [4.78, 5) is 10.1. The third kappa shape index (κ3) is 4.54. The first-order valence-corrected chi connectivity index (χ1v) is 10.6. The van der Waals surface area contributed by atoms with Gasteiger partial charge >= 0.3 is 0 Å². The van der Waals surface area contributed by atoms with E-state index in [1.54, 1.807) is 0 Å². The van der Waals surface area contributed by atoms with Crippen LogP contribution in [0.4, 0.5) is 4.39 Å². The zero-order chi connectivity index (χ0) is 22.0. The molecule has 1 saturated heterocycles. The van der Waals surface area contributed by atoms with Gasteiger partial charge in [0.2, 0.25) is 5.82 Å². The summed E-state index contributed by atoms with van der Waals surface area (Å²) in [5.41, 5.74) is 3.44. The van der Waals surface area contributed by atoms with Crippen molar-refractivity contribution in [1.82, 2.24) is 14.9 Å². The highest BCUT2D eigenvalue weighted by Gasteiger charge is 2.29. The maximum atomic E-state index is 14.8. The predicted molar refractivity (Wildman–Crippen MR) is 118 cm³/mol. The second kappa shape index (κ2) is 8.63. The average molecular weight is 422 g/mol. The number of halogens is 1. The molecule has 1 aliphatic heterocycles. The molecular formula is C25H28FN3O2. The summed E-state index contributed by atoms with van der Waals surface area (Å²) < 4.78 is 26.2. The van der Waals surface area contributed by atoms with Crippen LogP contribution in [-0.2, 0) is 5.41 Å². The van der Waals surface area contributed by atoms with Crippen LogP contribution in [0.25, 0.3) is 0 Å². The topological polar surface area (TPSA) is 47.5 Å². The molecule has 0 radical (unpaired) electrons. The van der Waals surface area contributed by atoms with Crippen LogP contribution >= 0.6 is 0 Å². The molecule has 0 spiro atoms. The van der Waals surface area contributed by atoms with Crippen LogP contribution in [0.5, 0.6) is 17.5 Å². The van der Waals surface area contributed by atoms with Gasteiger partial charge in [-0.2, -0.15) is 14.4 Å². The molecular weight excluding hydrogens is 393 g/mol. The molecule has 0 amide bonds. The SMILES string of the molecule is CCN1CC(Oc2ncnc(Oc3ccc(C(C)(C)c4ccc(C)cc4)cc3)c2F)C1. The van der Waals surface area contributed by atoms with Crippen LogP contribution in [0.1, 0.15) is 37.5 Å². The van der Waals surface area contributed by atoms with Crippen LogP contribution in [-0.4, -0.2) is 40.6 Å². The second-order valence-corrected chi connectivity index (χ2v) is 8.51. The minimum absolute atomic E-state index is 0.0551. The standard InChI is InChI=1S/C25H28FN3O2/c1-5-29-14-21(15-29)31-24-22(26)23(27-16-28-24)30-20-12-10-19(11-13-20)25(3,4)18-8-6-17(2)7-9-18/h6-13,16,21H,5,14-15H2,1-4H3. The number of ether oxygens (including phenoxy) is 2. The quantitative estimate of drug-likeness (QED) is 0.530. The molecule has 1 fully saturated rings. The summed E-state index contributed by atoms with van der Waals surface area (Å²) in [6, 6.07) is 16.2. The molecule has 6 heteroatoms. The fourth-order valence-electron chi connectivity index (χ4n) is 3.69. The molecule has 5 nitrogen and oxygen atoms in total. The lowest BCUT2D eigenvalue weighted by molar-refractivity contribution is 0.0178. The van der Waals surface area contributed by atoms with Crippen molar-refractivity contribution in [1.29, 1.82) is 0 Å². The maximum Gasteiger partial charge on any atom is 0.263 e. The Labute approximate surface area is 182 Å². The van der Waals surface area contributed by atoms with Crippen molar-refractivity contribution in [3.8, 4) is 17.5 Å². The zero-order valence-electron chi connectivity index (χ0n) is 18.4. The fourth-order valence-corrected chi connectivity index (χ4v) is 3.69. The lowest BCUT2D eigenvalue weighted by Gasteiger charge is -2.37. The maximum absolute atomic E-state index is 14.8. The minimum Gasteiger partial charge on any atom is -0.469 e. The van der Waals surface area contributed by atoms with E-state index in [0.717, 1.165) is 25.2 Å². The third-order valence-corrected chi connectivity index (χ3v) is 5.94. The molecule has 0 unspecified atom stereocenters. The third-order valence-electron chi connectivity index (χ3n) is 5.94. The first-order chi connectivity index (χ1) is 14.9. The fraction of sp³-hybridized carbons (Fsp3) is 0.360. The van der Waals surface area contributed by atoms with Gasteiger partial charge in [0.15, 0.2) is 0 Å². The average Bonchev–Trinajstić information content (AvgIpc) is 2.73. The van der Waals surface area contributed by atoms with E-state index in [-0.39, 0.29) is 23.3 Å². The van der Waals surface area contributed by atoms with Crippen molar-refractivity contribution in [2.75, 3.05) is 19.6 Å². The molecule has 0 N–H and O–H groups in total. The molecule has 0 aliphatic carbocycles. The van der Waals surface area contributed by atoms with Crippen LogP contribution in [0.2, 0.25) is 0 Å². The molecule has 0 bridgehead atoms. The summed E-state index contributed by atoms with van der Waals surface area (Å²) in [6.07, 6.45) is 1.21. The van der Waals surface area contributed by atoms with E-state index in [0.29, 0.717) is 5.75 Å². The molecule has 1 aromatic heterocycles. The van der Waals surface area contributed by atoms with Crippen molar-refractivity contribution in [3.63, 3.8) is 0 Å². The van der Waals surface area contributed by atoms with Gasteiger partial charge in [-0.1, -0.05) is 62.7 Å². The first-order valence-electron chi connectivity index (χ1n) is 10.6. The highest BCUT2D eigenvalue weighted by atomic mass is 19.1. The summed E-state index contributed by atoms with van der Waals surface area (Å²) in [7, 11) is 0. The van der Waals surface area contributed by atoms with E-state index in [1.165, 1.54) is 17.5 Å². The van der Waals surface area contributed by atoms with Gasteiger partial charge in [0.1, 0.15) is 18.2 Å². The summed E-state index contributed by atoms with van der Waals surface area (Å²) in [6.45, 7) is 11.0. The van der Waals surface area contributed by atoms with Crippen molar-refractivity contribution in [2.45, 2.75) is 39.2 Å². The lowest BCUT2D eigenvalue weighted by atomic mass is 9.78. The number of benzene rings is 2. The number of likely N-dealkylation sites (N-methyl/N-ethyl adjacent to an activating group) is 1. The minimum atomic E-state index is -0.679. The Morgan fingerprint density at radius 2 is 1.55 bits per heavy atom. The van der Waals surface area contributed by atoms with E-state index < -0.39 is 5.82 Å². The molecule has 2 heterocycles. The lowest BCUT2D eigenvalue weighted by Crippen LogP contribution is -2.53. The Balaban J connectivity index is 1.47. The first kappa shape index (κ1) is 21.2. The van der Waals surface area contributed by atoms with E-state index in [9.17, 15) is 4.39 Å². The van der Waals surface area contributed by atoms with E-state index in [4.69, 9.17) is 9.47 Å². The molecule has 1 aliphatic rings. The van der Waals surface area contributed by atoms with Gasteiger partial charge < -0.3 is 9.47 Å². The van der Waals surface area contributed by atoms with Crippen molar-refractivity contribution >= 4 is 0 Å². The summed E-state index contributed by atoms with van der Waals surface area (Å²) in [5.74, 6) is -0.376. The number of nitrogens with zero attached hydrogens (tertiary/aromatic N) is 3. The normalized spacial score (nSPS) is 14.9. The van der Waals surface area contributed by atoms with Crippen LogP contribution in [0, 0.1) is 12.7 Å². The number of rotatable bonds is 7. The van der Waals surface area contributed by atoms with E-state index in [1.807, 2.05) is 24.3 Å². The number of hydrogen-bond donors (Lipinski definition) is 0. The molecule has 31 heavy (non-hydrogen) atoms. The van der Waals surface area contributed by atoms with E-state index >= 15 is 0 Å². The number of aromatic nitrogens is 2. The van der Waals surface area contributed by atoms with E-state index in [2.05, 4.69) is 66.8 Å². The Hall–Kier alpha value is -2.99. The zero-order valence-corrected chi connectivity index (χ0v) is 18.4. The number of aryl methyl sites for hydroxylation is 1. The van der Waals surface area contributed by atoms with Crippen molar-refractivity contribution in [2.24, 2.45) is 0 Å². The molecule has 0 atom stereocenters. The van der Waals surface area contributed by atoms with Gasteiger partial charge in [0.25, 0.3) is 11.8 Å². The van der Waals surface area contributed by atoms with Gasteiger partial charge in [-0.15, -0.1) is 0 Å². The van der Waals surface area contributed by atoms with Crippen molar-refractivity contribution < 1.29 is 13.9 Å². The largest absolute Gasteiger partial charge is 0.469 e. The summed E-state index contributed by atoms with van der Waals surface area (Å²) in [5, 5.41) is 0. The van der Waals surface area contributed by atoms with Gasteiger partial charge in [0.05, 0.1) is 0 Å². The van der Waals surface area contributed by atoms with Gasteiger partial charge in [-0.05, 0) is 36.7 Å². The molecule has 3 aromatic rings. The molecule has 162 valence electrons. The molecule has 4 rings (SSSR count). The Morgan fingerprint density at radius 3 is 2.16 bits per heavy atom. The van der Waals surface area contributed by atoms with Gasteiger partial charge in [-0.3, -0.25) is 4.90 Å². The van der Waals surface area contributed by atoms with Crippen molar-refractivity contribution in [3.05, 3.63) is 77.4 Å². The van der Waals surface area contributed by atoms with Crippen LogP contribution in [0.3, 0.4) is 0 Å². The second-order valence-electron chi connectivity index (χ2n) is 8.51. The Morgan fingerprint density at radius 1 is 0.968 bits per heavy atom. The Kier molecular flexibility index (Phi) is 5.92. The highest BCUT2D eigenvalue weighted by molar-refractivity contribution is 5.41. The van der Waals surface area contributed by atoms with Gasteiger partial charge in [0, 0.05) is 18.5 Å². The summed E-state index contributed by atoms with van der Waals surface area (Å²) >= 11 is 0. The number of hydrogen-bond acceptors (Lipinski definition) is 5.